The molecule has 1 aromatic carbocycles. The molecule has 2 rings (SSSR count). The molecule has 0 unspecified atom stereocenters. The molecule has 0 atom stereocenters. The molecular formula is C14H18N4O3. The van der Waals surface area contributed by atoms with Crippen molar-refractivity contribution in [3.8, 4) is 0 Å². The summed E-state index contributed by atoms with van der Waals surface area (Å²) < 4.78 is 6.13. The van der Waals surface area contributed by atoms with E-state index in [4.69, 9.17) is 4.74 Å². The molecule has 0 saturated carbocycles. The second-order valence-corrected chi connectivity index (χ2v) is 4.52. The zero-order chi connectivity index (χ0) is 15.2. The van der Waals surface area contributed by atoms with Crippen molar-refractivity contribution in [3.05, 3.63) is 40.3 Å². The zero-order valence-electron chi connectivity index (χ0n) is 12.0. The van der Waals surface area contributed by atoms with Crippen molar-refractivity contribution in [2.45, 2.75) is 6.54 Å². The number of urea groups is 1. The quantitative estimate of drug-likeness (QED) is 0.780. The predicted molar refractivity (Wildman–Crippen MR) is 79.1 cm³/mol. The van der Waals surface area contributed by atoms with Crippen LogP contribution in [0.2, 0.25) is 0 Å². The largest absolute Gasteiger partial charge is 0.383 e. The maximum absolute atomic E-state index is 12.0. The summed E-state index contributed by atoms with van der Waals surface area (Å²) in [7, 11) is 3.16. The van der Waals surface area contributed by atoms with Crippen LogP contribution < -0.4 is 16.2 Å². The molecule has 0 fully saturated rings. The Labute approximate surface area is 121 Å². The molecule has 1 aromatic heterocycles. The lowest BCUT2D eigenvalue weighted by molar-refractivity contribution is 0.196. The van der Waals surface area contributed by atoms with Crippen LogP contribution in [0.3, 0.4) is 0 Å². The summed E-state index contributed by atoms with van der Waals surface area (Å²) in [5, 5.41) is 10.9. The maximum atomic E-state index is 12.0. The highest BCUT2D eigenvalue weighted by atomic mass is 16.5. The van der Waals surface area contributed by atoms with Crippen molar-refractivity contribution >= 4 is 16.8 Å². The standard InChI is InChI=1S/C14H18N4O3/c1-18-13(19)11-6-4-3-5-10(11)12(17-18)9-16-14(20)15-7-8-21-2/h3-6H,7-9H2,1-2H3,(H2,15,16,20). The van der Waals surface area contributed by atoms with Gasteiger partial charge < -0.3 is 15.4 Å². The molecule has 2 aromatic rings. The fourth-order valence-electron chi connectivity index (χ4n) is 2.00. The number of hydrogen-bond donors (Lipinski definition) is 2. The molecule has 0 spiro atoms. The fourth-order valence-corrected chi connectivity index (χ4v) is 2.00. The molecule has 0 aliphatic carbocycles. The number of nitrogens with one attached hydrogen (secondary N) is 2. The predicted octanol–water partition coefficient (Wildman–Crippen LogP) is 0.379. The summed E-state index contributed by atoms with van der Waals surface area (Å²) in [6, 6.07) is 6.92. The third-order valence-corrected chi connectivity index (χ3v) is 3.04. The van der Waals surface area contributed by atoms with Gasteiger partial charge in [0.05, 0.1) is 24.2 Å². The first-order valence-electron chi connectivity index (χ1n) is 6.59. The Bertz CT molecular complexity index is 696. The minimum absolute atomic E-state index is 0.154. The third-order valence-electron chi connectivity index (χ3n) is 3.04. The minimum Gasteiger partial charge on any atom is -0.383 e. The topological polar surface area (TPSA) is 85.2 Å². The van der Waals surface area contributed by atoms with Crippen LogP contribution in [0.15, 0.2) is 29.1 Å². The molecule has 7 nitrogen and oxygen atoms in total. The molecule has 0 aliphatic heterocycles. The number of rotatable bonds is 5. The van der Waals surface area contributed by atoms with Gasteiger partial charge in [0.15, 0.2) is 0 Å². The molecule has 1 heterocycles. The molecule has 2 amide bonds. The number of benzene rings is 1. The third kappa shape index (κ3) is 3.57. The van der Waals surface area contributed by atoms with E-state index >= 15 is 0 Å². The number of nitrogens with zero attached hydrogens (tertiary/aromatic N) is 2. The van der Waals surface area contributed by atoms with Crippen LogP contribution in [0.25, 0.3) is 10.8 Å². The van der Waals surface area contributed by atoms with Gasteiger partial charge in [-0.3, -0.25) is 4.79 Å². The number of methoxy groups -OCH3 is 1. The molecule has 2 N–H and O–H groups in total. The summed E-state index contributed by atoms with van der Waals surface area (Å²) >= 11 is 0. The van der Waals surface area contributed by atoms with Crippen LogP contribution in [-0.4, -0.2) is 36.1 Å². The Morgan fingerprint density at radius 3 is 2.71 bits per heavy atom. The van der Waals surface area contributed by atoms with E-state index in [1.165, 1.54) is 4.68 Å². The van der Waals surface area contributed by atoms with Gasteiger partial charge in [-0.2, -0.15) is 5.10 Å². The van der Waals surface area contributed by atoms with Gasteiger partial charge in [-0.15, -0.1) is 0 Å². The van der Waals surface area contributed by atoms with Crippen LogP contribution in [-0.2, 0) is 18.3 Å². The van der Waals surface area contributed by atoms with Gasteiger partial charge >= 0.3 is 6.03 Å². The van der Waals surface area contributed by atoms with Crippen LogP contribution in [0, 0.1) is 0 Å². The summed E-state index contributed by atoms with van der Waals surface area (Å²) in [5.41, 5.74) is 0.494. The van der Waals surface area contributed by atoms with E-state index in [1.54, 1.807) is 26.3 Å². The summed E-state index contributed by atoms with van der Waals surface area (Å²) in [4.78, 5) is 23.6. The van der Waals surface area contributed by atoms with Crippen molar-refractivity contribution in [2.75, 3.05) is 20.3 Å². The number of carbonyl (C=O) groups is 1. The van der Waals surface area contributed by atoms with Gasteiger partial charge in [0.25, 0.3) is 5.56 Å². The molecule has 112 valence electrons. The first-order chi connectivity index (χ1) is 10.1. The van der Waals surface area contributed by atoms with E-state index in [2.05, 4.69) is 15.7 Å². The van der Waals surface area contributed by atoms with E-state index in [-0.39, 0.29) is 18.1 Å². The van der Waals surface area contributed by atoms with Crippen molar-refractivity contribution in [2.24, 2.45) is 7.05 Å². The van der Waals surface area contributed by atoms with Crippen LogP contribution in [0.5, 0.6) is 0 Å². The Balaban J connectivity index is 2.14. The van der Waals surface area contributed by atoms with Crippen molar-refractivity contribution in [3.63, 3.8) is 0 Å². The highest BCUT2D eigenvalue weighted by molar-refractivity contribution is 5.84. The van der Waals surface area contributed by atoms with E-state index in [0.29, 0.717) is 24.2 Å². The molecule has 21 heavy (non-hydrogen) atoms. The highest BCUT2D eigenvalue weighted by Crippen LogP contribution is 2.12. The molecule has 0 aliphatic rings. The van der Waals surface area contributed by atoms with Crippen molar-refractivity contribution < 1.29 is 9.53 Å². The Kier molecular flexibility index (Phi) is 4.89. The van der Waals surface area contributed by atoms with E-state index in [9.17, 15) is 9.59 Å². The normalized spacial score (nSPS) is 10.6. The summed E-state index contributed by atoms with van der Waals surface area (Å²) in [5.74, 6) is 0. The number of amides is 2. The smallest absolute Gasteiger partial charge is 0.315 e. The molecule has 0 radical (unpaired) electrons. The van der Waals surface area contributed by atoms with E-state index in [1.807, 2.05) is 12.1 Å². The number of aryl methyl sites for hydroxylation is 1. The average Bonchev–Trinajstić information content (AvgIpc) is 2.50. The monoisotopic (exact) mass is 290 g/mol. The lowest BCUT2D eigenvalue weighted by Crippen LogP contribution is -2.37. The van der Waals surface area contributed by atoms with Crippen molar-refractivity contribution in [1.29, 1.82) is 0 Å². The minimum atomic E-state index is -0.299. The van der Waals surface area contributed by atoms with E-state index in [0.717, 1.165) is 5.39 Å². The number of carbonyl (C=O) groups excluding carboxylic acids is 1. The van der Waals surface area contributed by atoms with Crippen molar-refractivity contribution in [1.82, 2.24) is 20.4 Å². The molecular weight excluding hydrogens is 272 g/mol. The van der Waals surface area contributed by atoms with Gasteiger partial charge in [-0.1, -0.05) is 18.2 Å². The lowest BCUT2D eigenvalue weighted by Gasteiger charge is -2.10. The molecule has 0 bridgehead atoms. The van der Waals surface area contributed by atoms with Gasteiger partial charge in [0.1, 0.15) is 0 Å². The second-order valence-electron chi connectivity index (χ2n) is 4.52. The number of hydrogen-bond acceptors (Lipinski definition) is 4. The zero-order valence-corrected chi connectivity index (χ0v) is 12.0. The Hall–Kier alpha value is -2.41. The SMILES string of the molecule is COCCNC(=O)NCc1nn(C)c(=O)c2ccccc12. The summed E-state index contributed by atoms with van der Waals surface area (Å²) in [6.45, 7) is 1.13. The Morgan fingerprint density at radius 1 is 1.29 bits per heavy atom. The molecule has 7 heteroatoms. The summed E-state index contributed by atoms with van der Waals surface area (Å²) in [6.07, 6.45) is 0. The first kappa shape index (κ1) is 15.0. The average molecular weight is 290 g/mol. The number of aromatic nitrogens is 2. The maximum Gasteiger partial charge on any atom is 0.315 e. The lowest BCUT2D eigenvalue weighted by atomic mass is 10.1. The highest BCUT2D eigenvalue weighted by Gasteiger charge is 2.09. The number of ether oxygens (including phenoxy) is 1. The van der Waals surface area contributed by atoms with Crippen LogP contribution in [0.1, 0.15) is 5.69 Å². The molecule has 0 saturated heterocycles. The van der Waals surface area contributed by atoms with Crippen LogP contribution >= 0.6 is 0 Å². The van der Waals surface area contributed by atoms with Gasteiger partial charge in [-0.05, 0) is 6.07 Å². The Morgan fingerprint density at radius 2 is 2.00 bits per heavy atom. The van der Waals surface area contributed by atoms with E-state index < -0.39 is 0 Å². The van der Waals surface area contributed by atoms with Gasteiger partial charge in [-0.25, -0.2) is 9.48 Å². The first-order valence-corrected chi connectivity index (χ1v) is 6.59. The second kappa shape index (κ2) is 6.85. The van der Waals surface area contributed by atoms with Gasteiger partial charge in [0.2, 0.25) is 0 Å². The van der Waals surface area contributed by atoms with Gasteiger partial charge in [0, 0.05) is 26.1 Å². The fraction of sp³-hybridized carbons (Fsp3) is 0.357. The number of fused-ring (bicyclic) bond motifs is 1. The van der Waals surface area contributed by atoms with Crippen LogP contribution in [0.4, 0.5) is 4.79 Å².